The lowest BCUT2D eigenvalue weighted by molar-refractivity contribution is 0.602. The summed E-state index contributed by atoms with van der Waals surface area (Å²) in [5, 5.41) is 1.09. The number of halogens is 1. The van der Waals surface area contributed by atoms with E-state index in [1.807, 2.05) is 0 Å². The van der Waals surface area contributed by atoms with Crippen LogP contribution in [0.3, 0.4) is 0 Å². The van der Waals surface area contributed by atoms with Gasteiger partial charge in [-0.05, 0) is 18.2 Å². The maximum atomic E-state index is 11.3. The summed E-state index contributed by atoms with van der Waals surface area (Å²) in [5.74, 6) is 0. The second kappa shape index (κ2) is 3.00. The highest BCUT2D eigenvalue weighted by atomic mass is 35.5. The Morgan fingerprint density at radius 3 is 2.71 bits per heavy atom. The predicted octanol–water partition coefficient (Wildman–Crippen LogP) is 2.22. The van der Waals surface area contributed by atoms with Crippen molar-refractivity contribution in [3.05, 3.63) is 29.4 Å². The first-order valence-electron chi connectivity index (χ1n) is 3.95. The summed E-state index contributed by atoms with van der Waals surface area (Å²) in [5.41, 5.74) is 0.836. The molecule has 0 atom stereocenters. The molecule has 1 aromatic heterocycles. The van der Waals surface area contributed by atoms with Gasteiger partial charge in [-0.15, -0.1) is 0 Å². The van der Waals surface area contributed by atoms with E-state index in [1.54, 1.807) is 24.4 Å². The van der Waals surface area contributed by atoms with Crippen LogP contribution in [0.2, 0.25) is 5.02 Å². The molecular weight excluding hydrogens is 222 g/mol. The molecule has 3 nitrogen and oxygen atoms in total. The third-order valence-electron chi connectivity index (χ3n) is 2.01. The van der Waals surface area contributed by atoms with Gasteiger partial charge >= 0.3 is 0 Å². The van der Waals surface area contributed by atoms with Crippen molar-refractivity contribution >= 4 is 32.3 Å². The molecule has 14 heavy (non-hydrogen) atoms. The Kier molecular flexibility index (Phi) is 2.05. The van der Waals surface area contributed by atoms with E-state index in [-0.39, 0.29) is 9.92 Å². The van der Waals surface area contributed by atoms with Gasteiger partial charge in [0.25, 0.3) is 0 Å². The summed E-state index contributed by atoms with van der Waals surface area (Å²) in [6.45, 7) is 0. The second-order valence-corrected chi connectivity index (χ2v) is 5.51. The number of hydrogen-bond acceptors (Lipinski definition) is 2. The predicted molar refractivity (Wildman–Crippen MR) is 56.4 cm³/mol. The number of H-pyrrole nitrogens is 1. The van der Waals surface area contributed by atoms with Crippen molar-refractivity contribution in [3.63, 3.8) is 0 Å². The molecule has 0 spiro atoms. The highest BCUT2D eigenvalue weighted by Gasteiger charge is 2.13. The number of aromatic amines is 1. The number of benzene rings is 1. The molecule has 0 aliphatic heterocycles. The minimum Gasteiger partial charge on any atom is -0.361 e. The van der Waals surface area contributed by atoms with Gasteiger partial charge in [0.05, 0.1) is 9.92 Å². The van der Waals surface area contributed by atoms with E-state index >= 15 is 0 Å². The smallest absolute Gasteiger partial charge is 0.177 e. The molecule has 1 aromatic carbocycles. The minimum absolute atomic E-state index is 0.172. The fourth-order valence-corrected chi connectivity index (χ4v) is 2.68. The van der Waals surface area contributed by atoms with Crippen molar-refractivity contribution in [2.24, 2.45) is 0 Å². The molecule has 0 saturated heterocycles. The molecule has 0 aliphatic rings. The largest absolute Gasteiger partial charge is 0.361 e. The second-order valence-electron chi connectivity index (χ2n) is 3.12. The third-order valence-corrected chi connectivity index (χ3v) is 3.57. The van der Waals surface area contributed by atoms with Crippen molar-refractivity contribution in [1.29, 1.82) is 0 Å². The van der Waals surface area contributed by atoms with Crippen LogP contribution in [0.5, 0.6) is 0 Å². The molecule has 1 heterocycles. The van der Waals surface area contributed by atoms with Crippen molar-refractivity contribution < 1.29 is 8.42 Å². The average Bonchev–Trinajstić information content (AvgIpc) is 2.47. The molecule has 1 N–H and O–H groups in total. The number of rotatable bonds is 1. The van der Waals surface area contributed by atoms with E-state index in [1.165, 1.54) is 0 Å². The molecule has 0 amide bonds. The van der Waals surface area contributed by atoms with E-state index < -0.39 is 9.84 Å². The summed E-state index contributed by atoms with van der Waals surface area (Å²) in [6.07, 6.45) is 2.89. The van der Waals surface area contributed by atoms with Crippen LogP contribution in [-0.2, 0) is 9.84 Å². The van der Waals surface area contributed by atoms with E-state index in [0.29, 0.717) is 0 Å². The zero-order chi connectivity index (χ0) is 10.3. The van der Waals surface area contributed by atoms with E-state index in [4.69, 9.17) is 11.6 Å². The first-order valence-corrected chi connectivity index (χ1v) is 6.22. The van der Waals surface area contributed by atoms with Crippen LogP contribution in [0.1, 0.15) is 0 Å². The van der Waals surface area contributed by atoms with Crippen molar-refractivity contribution in [3.8, 4) is 0 Å². The molecule has 0 unspecified atom stereocenters. The molecule has 0 radical (unpaired) electrons. The Morgan fingerprint density at radius 2 is 2.07 bits per heavy atom. The maximum Gasteiger partial charge on any atom is 0.177 e. The zero-order valence-electron chi connectivity index (χ0n) is 7.41. The van der Waals surface area contributed by atoms with Crippen molar-refractivity contribution in [2.75, 3.05) is 6.26 Å². The third kappa shape index (κ3) is 1.51. The Morgan fingerprint density at radius 1 is 1.36 bits per heavy atom. The molecular formula is C9H8ClNO2S. The molecule has 0 fully saturated rings. The van der Waals surface area contributed by atoms with E-state index in [2.05, 4.69) is 4.98 Å². The van der Waals surface area contributed by atoms with Gasteiger partial charge in [0, 0.05) is 23.4 Å². The van der Waals surface area contributed by atoms with Crippen LogP contribution in [0, 0.1) is 0 Å². The lowest BCUT2D eigenvalue weighted by Gasteiger charge is -2.01. The van der Waals surface area contributed by atoms with Gasteiger partial charge in [0.2, 0.25) is 0 Å². The van der Waals surface area contributed by atoms with Gasteiger partial charge in [-0.3, -0.25) is 0 Å². The number of nitrogens with one attached hydrogen (secondary N) is 1. The SMILES string of the molecule is CS(=O)(=O)c1cc2cc[nH]c2cc1Cl. The van der Waals surface area contributed by atoms with Gasteiger partial charge < -0.3 is 4.98 Å². The van der Waals surface area contributed by atoms with Crippen LogP contribution in [0.4, 0.5) is 0 Å². The molecule has 2 rings (SSSR count). The molecule has 0 bridgehead atoms. The highest BCUT2D eigenvalue weighted by molar-refractivity contribution is 7.90. The summed E-state index contributed by atoms with van der Waals surface area (Å²) >= 11 is 5.85. The van der Waals surface area contributed by atoms with Crippen LogP contribution in [0.15, 0.2) is 29.3 Å². The summed E-state index contributed by atoms with van der Waals surface area (Å²) in [7, 11) is -3.25. The van der Waals surface area contributed by atoms with Gasteiger partial charge in [0.1, 0.15) is 0 Å². The van der Waals surface area contributed by atoms with Gasteiger partial charge in [-0.2, -0.15) is 0 Å². The average molecular weight is 230 g/mol. The topological polar surface area (TPSA) is 49.9 Å². The number of aromatic nitrogens is 1. The first-order chi connectivity index (χ1) is 6.48. The first kappa shape index (κ1) is 9.55. The summed E-state index contributed by atoms with van der Waals surface area (Å²) in [6, 6.07) is 5.00. The standard InChI is InChI=1S/C9H8ClNO2S/c1-14(12,13)9-4-6-2-3-11-8(6)5-7(9)10/h2-5,11H,1H3. The Hall–Kier alpha value is -1.00. The fourth-order valence-electron chi connectivity index (χ4n) is 1.34. The Bertz CT molecular complexity index is 586. The van der Waals surface area contributed by atoms with Crippen LogP contribution in [-0.4, -0.2) is 19.7 Å². The van der Waals surface area contributed by atoms with Crippen LogP contribution in [0.25, 0.3) is 10.9 Å². The maximum absolute atomic E-state index is 11.3. The molecule has 0 aliphatic carbocycles. The van der Waals surface area contributed by atoms with E-state index in [9.17, 15) is 8.42 Å². The normalized spacial score (nSPS) is 12.1. The Labute approximate surface area is 86.6 Å². The Balaban J connectivity index is 2.84. The number of fused-ring (bicyclic) bond motifs is 1. The zero-order valence-corrected chi connectivity index (χ0v) is 8.98. The molecule has 5 heteroatoms. The van der Waals surface area contributed by atoms with E-state index in [0.717, 1.165) is 17.2 Å². The monoisotopic (exact) mass is 229 g/mol. The minimum atomic E-state index is -3.25. The summed E-state index contributed by atoms with van der Waals surface area (Å²) < 4.78 is 22.6. The number of sulfone groups is 1. The van der Waals surface area contributed by atoms with Gasteiger partial charge in [0.15, 0.2) is 9.84 Å². The molecule has 0 saturated carbocycles. The van der Waals surface area contributed by atoms with Crippen molar-refractivity contribution in [1.82, 2.24) is 4.98 Å². The lowest BCUT2D eigenvalue weighted by atomic mass is 10.2. The quantitative estimate of drug-likeness (QED) is 0.815. The fraction of sp³-hybridized carbons (Fsp3) is 0.111. The molecule has 2 aromatic rings. The summed E-state index contributed by atoms with van der Waals surface area (Å²) in [4.78, 5) is 3.13. The van der Waals surface area contributed by atoms with Crippen LogP contribution < -0.4 is 0 Å². The molecule has 74 valence electrons. The number of hydrogen-bond donors (Lipinski definition) is 1. The lowest BCUT2D eigenvalue weighted by Crippen LogP contribution is -1.97. The van der Waals surface area contributed by atoms with Gasteiger partial charge in [-0.25, -0.2) is 8.42 Å². The van der Waals surface area contributed by atoms with Gasteiger partial charge in [-0.1, -0.05) is 11.6 Å². The highest BCUT2D eigenvalue weighted by Crippen LogP contribution is 2.26. The van der Waals surface area contributed by atoms with Crippen molar-refractivity contribution in [2.45, 2.75) is 4.90 Å². The van der Waals surface area contributed by atoms with Crippen LogP contribution >= 0.6 is 11.6 Å².